The number of rotatable bonds is 6. The summed E-state index contributed by atoms with van der Waals surface area (Å²) in [7, 11) is 0. The highest BCUT2D eigenvalue weighted by atomic mass is 35.5. The summed E-state index contributed by atoms with van der Waals surface area (Å²) in [6.45, 7) is 3.20. The molecule has 1 aliphatic rings. The van der Waals surface area contributed by atoms with Crippen molar-refractivity contribution in [3.8, 4) is 0 Å². The van der Waals surface area contributed by atoms with Gasteiger partial charge in [0.2, 0.25) is 5.91 Å². The number of hydrogen-bond acceptors (Lipinski definition) is 3. The Balaban J connectivity index is 1.71. The lowest BCUT2D eigenvalue weighted by Gasteiger charge is -2.37. The summed E-state index contributed by atoms with van der Waals surface area (Å²) in [5, 5.41) is 3.85. The monoisotopic (exact) mass is 361 g/mol. The number of halogens is 1. The second kappa shape index (κ2) is 8.07. The molecule has 1 aromatic heterocycles. The lowest BCUT2D eigenvalue weighted by Crippen LogP contribution is -2.50. The third-order valence-corrected chi connectivity index (χ3v) is 5.17. The number of furan rings is 1. The number of aryl methyl sites for hydroxylation is 1. The molecule has 25 heavy (non-hydrogen) atoms. The third-order valence-electron chi connectivity index (χ3n) is 4.94. The predicted molar refractivity (Wildman–Crippen MR) is 97.8 cm³/mol. The smallest absolute Gasteiger partial charge is 0.231 e. The van der Waals surface area contributed by atoms with Crippen molar-refractivity contribution in [3.63, 3.8) is 0 Å². The van der Waals surface area contributed by atoms with Gasteiger partial charge in [-0.3, -0.25) is 4.79 Å². The van der Waals surface area contributed by atoms with Crippen LogP contribution in [0, 0.1) is 0 Å². The molecular weight excluding hydrogens is 338 g/mol. The first-order valence-corrected chi connectivity index (χ1v) is 9.15. The summed E-state index contributed by atoms with van der Waals surface area (Å²) in [4.78, 5) is 13.2. The fraction of sp³-hybridized carbons (Fsp3) is 0.450. The van der Waals surface area contributed by atoms with E-state index in [-0.39, 0.29) is 11.9 Å². The fourth-order valence-electron chi connectivity index (χ4n) is 3.40. The molecule has 2 heterocycles. The molecule has 134 valence electrons. The first kappa shape index (κ1) is 18.0. The van der Waals surface area contributed by atoms with Crippen LogP contribution in [0.25, 0.3) is 0 Å². The van der Waals surface area contributed by atoms with Crippen molar-refractivity contribution in [2.45, 2.75) is 44.1 Å². The maximum absolute atomic E-state index is 13.2. The Hall–Kier alpha value is -1.78. The van der Waals surface area contributed by atoms with E-state index in [4.69, 9.17) is 20.8 Å². The molecule has 0 saturated carbocycles. The fourth-order valence-corrected chi connectivity index (χ4v) is 3.59. The van der Waals surface area contributed by atoms with Crippen molar-refractivity contribution < 1.29 is 13.9 Å². The Labute approximate surface area is 153 Å². The van der Waals surface area contributed by atoms with E-state index in [1.54, 1.807) is 6.26 Å². The SMILES string of the molecule is CC(CCc1ccco1)NC(=O)C1(c2cccc(Cl)c2)CCOCC1. The number of benzene rings is 1. The van der Waals surface area contributed by atoms with Crippen LogP contribution in [0.3, 0.4) is 0 Å². The molecule has 1 aliphatic heterocycles. The topological polar surface area (TPSA) is 51.5 Å². The van der Waals surface area contributed by atoms with Gasteiger partial charge in [-0.15, -0.1) is 0 Å². The van der Waals surface area contributed by atoms with Crippen LogP contribution < -0.4 is 5.32 Å². The van der Waals surface area contributed by atoms with Crippen LogP contribution in [-0.4, -0.2) is 25.2 Å². The molecule has 1 N–H and O–H groups in total. The first-order chi connectivity index (χ1) is 12.1. The molecule has 1 amide bonds. The highest BCUT2D eigenvalue weighted by molar-refractivity contribution is 6.30. The van der Waals surface area contributed by atoms with Crippen molar-refractivity contribution in [2.24, 2.45) is 0 Å². The molecule has 0 radical (unpaired) electrons. The van der Waals surface area contributed by atoms with Gasteiger partial charge >= 0.3 is 0 Å². The van der Waals surface area contributed by atoms with Gasteiger partial charge in [0.05, 0.1) is 11.7 Å². The molecule has 1 atom stereocenters. The van der Waals surface area contributed by atoms with E-state index < -0.39 is 5.41 Å². The van der Waals surface area contributed by atoms with Gasteiger partial charge in [-0.2, -0.15) is 0 Å². The highest BCUT2D eigenvalue weighted by Gasteiger charge is 2.42. The van der Waals surface area contributed by atoms with Gasteiger partial charge in [0.25, 0.3) is 0 Å². The van der Waals surface area contributed by atoms with E-state index in [1.807, 2.05) is 43.3 Å². The minimum Gasteiger partial charge on any atom is -0.469 e. The number of nitrogens with one attached hydrogen (secondary N) is 1. The predicted octanol–water partition coefficient (Wildman–Crippen LogP) is 4.12. The molecule has 1 unspecified atom stereocenters. The van der Waals surface area contributed by atoms with E-state index in [9.17, 15) is 4.79 Å². The van der Waals surface area contributed by atoms with Crippen LogP contribution in [0.4, 0.5) is 0 Å². The molecule has 1 saturated heterocycles. The molecule has 1 aromatic carbocycles. The summed E-state index contributed by atoms with van der Waals surface area (Å²) in [5.41, 5.74) is 0.404. The minimum absolute atomic E-state index is 0.0602. The normalized spacial score (nSPS) is 17.8. The summed E-state index contributed by atoms with van der Waals surface area (Å²) < 4.78 is 10.9. The van der Waals surface area contributed by atoms with Crippen LogP contribution in [0.2, 0.25) is 5.02 Å². The zero-order valence-corrected chi connectivity index (χ0v) is 15.2. The minimum atomic E-state index is -0.567. The summed E-state index contributed by atoms with van der Waals surface area (Å²) in [6, 6.07) is 11.5. The van der Waals surface area contributed by atoms with Crippen LogP contribution in [0.5, 0.6) is 0 Å². The van der Waals surface area contributed by atoms with Crippen molar-refractivity contribution in [2.75, 3.05) is 13.2 Å². The van der Waals surface area contributed by atoms with Gasteiger partial charge in [-0.05, 0) is 56.0 Å². The Morgan fingerprint density at radius 2 is 2.08 bits per heavy atom. The van der Waals surface area contributed by atoms with Crippen LogP contribution in [-0.2, 0) is 21.4 Å². The van der Waals surface area contributed by atoms with E-state index in [2.05, 4.69) is 5.32 Å². The van der Waals surface area contributed by atoms with Crippen LogP contribution in [0.15, 0.2) is 47.1 Å². The van der Waals surface area contributed by atoms with E-state index >= 15 is 0 Å². The number of carbonyl (C=O) groups excluding carboxylic acids is 1. The Kier molecular flexibility index (Phi) is 5.82. The second-order valence-electron chi connectivity index (χ2n) is 6.70. The Bertz CT molecular complexity index is 693. The summed E-state index contributed by atoms with van der Waals surface area (Å²) >= 11 is 6.17. The van der Waals surface area contributed by atoms with Gasteiger partial charge in [0.15, 0.2) is 0 Å². The zero-order chi connectivity index (χ0) is 17.7. The van der Waals surface area contributed by atoms with Crippen molar-refractivity contribution >= 4 is 17.5 Å². The van der Waals surface area contributed by atoms with Gasteiger partial charge in [0.1, 0.15) is 5.76 Å². The average molecular weight is 362 g/mol. The maximum atomic E-state index is 13.2. The summed E-state index contributed by atoms with van der Waals surface area (Å²) in [6.07, 6.45) is 4.66. The zero-order valence-electron chi connectivity index (χ0n) is 14.5. The van der Waals surface area contributed by atoms with E-state index in [0.717, 1.165) is 24.2 Å². The molecule has 3 rings (SSSR count). The average Bonchev–Trinajstić information content (AvgIpc) is 3.14. The number of hydrogen-bond donors (Lipinski definition) is 1. The number of carbonyl (C=O) groups is 1. The Morgan fingerprint density at radius 3 is 2.76 bits per heavy atom. The van der Waals surface area contributed by atoms with E-state index in [1.165, 1.54) is 0 Å². The standard InChI is InChI=1S/C20H24ClNO3/c1-15(7-8-18-6-3-11-25-18)22-19(23)20(9-12-24-13-10-20)16-4-2-5-17(21)14-16/h2-6,11,14-15H,7-10,12-13H2,1H3,(H,22,23). The van der Waals surface area contributed by atoms with Crippen LogP contribution >= 0.6 is 11.6 Å². The largest absolute Gasteiger partial charge is 0.469 e. The van der Waals surface area contributed by atoms with Gasteiger partial charge in [-0.25, -0.2) is 0 Å². The third kappa shape index (κ3) is 4.25. The molecule has 4 nitrogen and oxygen atoms in total. The lowest BCUT2D eigenvalue weighted by atomic mass is 9.73. The van der Waals surface area contributed by atoms with Gasteiger partial charge < -0.3 is 14.5 Å². The molecule has 2 aromatic rings. The molecule has 0 aliphatic carbocycles. The molecular formula is C20H24ClNO3. The van der Waals surface area contributed by atoms with Crippen molar-refractivity contribution in [3.05, 3.63) is 59.0 Å². The highest BCUT2D eigenvalue weighted by Crippen LogP contribution is 2.36. The van der Waals surface area contributed by atoms with E-state index in [0.29, 0.717) is 31.1 Å². The number of amides is 1. The Morgan fingerprint density at radius 1 is 1.28 bits per heavy atom. The number of ether oxygens (including phenoxy) is 1. The molecule has 1 fully saturated rings. The van der Waals surface area contributed by atoms with Crippen LogP contribution in [0.1, 0.15) is 37.5 Å². The second-order valence-corrected chi connectivity index (χ2v) is 7.13. The molecule has 5 heteroatoms. The van der Waals surface area contributed by atoms with Crippen molar-refractivity contribution in [1.29, 1.82) is 0 Å². The van der Waals surface area contributed by atoms with Crippen molar-refractivity contribution in [1.82, 2.24) is 5.32 Å². The molecule has 0 spiro atoms. The first-order valence-electron chi connectivity index (χ1n) is 8.77. The van der Waals surface area contributed by atoms with Gasteiger partial charge in [0, 0.05) is 30.7 Å². The lowest BCUT2D eigenvalue weighted by molar-refractivity contribution is -0.131. The summed E-state index contributed by atoms with van der Waals surface area (Å²) in [5.74, 6) is 1.00. The molecule has 0 bridgehead atoms. The quantitative estimate of drug-likeness (QED) is 0.842. The maximum Gasteiger partial charge on any atom is 0.231 e. The van der Waals surface area contributed by atoms with Gasteiger partial charge in [-0.1, -0.05) is 23.7 Å².